The first-order chi connectivity index (χ1) is 18.6. The molecule has 1 unspecified atom stereocenters. The summed E-state index contributed by atoms with van der Waals surface area (Å²) in [5, 5.41) is 12.3. The highest BCUT2D eigenvalue weighted by Gasteiger charge is 2.36. The molecule has 0 bridgehead atoms. The number of carbonyl (C=O) groups is 1. The quantitative estimate of drug-likeness (QED) is 0.401. The van der Waals surface area contributed by atoms with Gasteiger partial charge in [0.05, 0.1) is 30.1 Å². The molecule has 1 amide bonds. The molecule has 39 heavy (non-hydrogen) atoms. The van der Waals surface area contributed by atoms with Crippen molar-refractivity contribution in [1.82, 2.24) is 34.8 Å². The third-order valence-electron chi connectivity index (χ3n) is 6.34. The summed E-state index contributed by atoms with van der Waals surface area (Å²) in [6, 6.07) is 7.83. The van der Waals surface area contributed by atoms with E-state index >= 15 is 0 Å². The van der Waals surface area contributed by atoms with Gasteiger partial charge < -0.3 is 19.3 Å². The predicted molar refractivity (Wildman–Crippen MR) is 151 cm³/mol. The molecule has 4 aromatic rings. The Balaban J connectivity index is 0.00000172. The molecule has 0 aromatic carbocycles. The first-order valence-electron chi connectivity index (χ1n) is 13.2. The third kappa shape index (κ3) is 6.36. The summed E-state index contributed by atoms with van der Waals surface area (Å²) >= 11 is 0. The second-order valence-corrected chi connectivity index (χ2v) is 10.5. The minimum absolute atomic E-state index is 0.343. The standard InChI is InChI=1S/C26H32N8O3.C2H6/c1-25(2,3)37-24(35)33-10-9-32(16-26(4,17-33)36-5)22-7-6-8-23(31-22)34-21-11-20(18-13-28-29-14-18)27-12-19(21)15-30-34;1-2/h6-8,11-15H,9-10,16-17H2,1-5H3,(H,28,29);1-2H3. The second-order valence-electron chi connectivity index (χ2n) is 10.5. The highest BCUT2D eigenvalue weighted by molar-refractivity contribution is 5.83. The number of pyridine rings is 2. The van der Waals surface area contributed by atoms with Crippen LogP contribution in [0.1, 0.15) is 41.5 Å². The molecule has 208 valence electrons. The van der Waals surface area contributed by atoms with E-state index in [4.69, 9.17) is 14.5 Å². The van der Waals surface area contributed by atoms with Crippen LogP contribution < -0.4 is 4.90 Å². The van der Waals surface area contributed by atoms with E-state index in [1.807, 2.05) is 70.5 Å². The van der Waals surface area contributed by atoms with Crippen molar-refractivity contribution in [1.29, 1.82) is 0 Å². The van der Waals surface area contributed by atoms with Crippen molar-refractivity contribution in [2.24, 2.45) is 0 Å². The fraction of sp³-hybridized carbons (Fsp3) is 0.464. The minimum atomic E-state index is -0.603. The van der Waals surface area contributed by atoms with Crippen LogP contribution in [0.15, 0.2) is 49.1 Å². The lowest BCUT2D eigenvalue weighted by atomic mass is 10.1. The van der Waals surface area contributed by atoms with Gasteiger partial charge in [0, 0.05) is 50.1 Å². The van der Waals surface area contributed by atoms with Gasteiger partial charge >= 0.3 is 6.09 Å². The number of H-pyrrole nitrogens is 1. The van der Waals surface area contributed by atoms with E-state index in [1.54, 1.807) is 36.8 Å². The van der Waals surface area contributed by atoms with E-state index in [9.17, 15) is 4.79 Å². The van der Waals surface area contributed by atoms with Crippen LogP contribution in [0.5, 0.6) is 0 Å². The van der Waals surface area contributed by atoms with Crippen LogP contribution in [0, 0.1) is 0 Å². The molecular weight excluding hydrogens is 496 g/mol. The normalized spacial score (nSPS) is 17.9. The van der Waals surface area contributed by atoms with Crippen LogP contribution >= 0.6 is 0 Å². The average molecular weight is 535 g/mol. The van der Waals surface area contributed by atoms with Gasteiger partial charge in [0.15, 0.2) is 5.82 Å². The summed E-state index contributed by atoms with van der Waals surface area (Å²) in [5.74, 6) is 1.46. The van der Waals surface area contributed by atoms with E-state index in [0.717, 1.165) is 28.0 Å². The summed E-state index contributed by atoms with van der Waals surface area (Å²) in [4.78, 5) is 26.2. The highest BCUT2D eigenvalue weighted by atomic mass is 16.6. The van der Waals surface area contributed by atoms with Gasteiger partial charge in [-0.2, -0.15) is 10.2 Å². The minimum Gasteiger partial charge on any atom is -0.444 e. The zero-order chi connectivity index (χ0) is 28.2. The van der Waals surface area contributed by atoms with Gasteiger partial charge in [-0.15, -0.1) is 0 Å². The van der Waals surface area contributed by atoms with Crippen molar-refractivity contribution < 1.29 is 14.3 Å². The lowest BCUT2D eigenvalue weighted by Crippen LogP contribution is -2.48. The molecule has 5 rings (SSSR count). The molecule has 0 spiro atoms. The van der Waals surface area contributed by atoms with Crippen LogP contribution in [0.3, 0.4) is 0 Å². The van der Waals surface area contributed by atoms with Gasteiger partial charge in [0.25, 0.3) is 0 Å². The molecule has 5 heterocycles. The number of aromatic nitrogens is 6. The van der Waals surface area contributed by atoms with Crippen molar-refractivity contribution in [2.75, 3.05) is 38.2 Å². The molecule has 0 aliphatic carbocycles. The Hall–Kier alpha value is -3.99. The number of nitrogens with one attached hydrogen (secondary N) is 1. The SMILES string of the molecule is CC.COC1(C)CN(C(=O)OC(C)(C)C)CCN(c2cccc(-n3ncc4cnc(-c5cn[nH]c5)cc43)n2)C1. The molecule has 1 aliphatic heterocycles. The van der Waals surface area contributed by atoms with E-state index in [0.29, 0.717) is 32.0 Å². The number of rotatable bonds is 4. The largest absolute Gasteiger partial charge is 0.444 e. The summed E-state index contributed by atoms with van der Waals surface area (Å²) in [6.07, 6.45) is 6.78. The van der Waals surface area contributed by atoms with E-state index in [-0.39, 0.29) is 6.09 Å². The van der Waals surface area contributed by atoms with Crippen molar-refractivity contribution in [3.63, 3.8) is 0 Å². The maximum atomic E-state index is 12.9. The number of ether oxygens (including phenoxy) is 2. The number of nitrogens with zero attached hydrogens (tertiary/aromatic N) is 7. The predicted octanol–water partition coefficient (Wildman–Crippen LogP) is 4.69. The van der Waals surface area contributed by atoms with Crippen molar-refractivity contribution >= 4 is 22.8 Å². The number of amides is 1. The van der Waals surface area contributed by atoms with E-state index in [2.05, 4.69) is 25.2 Å². The van der Waals surface area contributed by atoms with Crippen LogP contribution in [0.2, 0.25) is 0 Å². The Morgan fingerprint density at radius 1 is 1.08 bits per heavy atom. The lowest BCUT2D eigenvalue weighted by Gasteiger charge is -2.34. The van der Waals surface area contributed by atoms with Gasteiger partial charge in [-0.25, -0.2) is 14.5 Å². The van der Waals surface area contributed by atoms with Gasteiger partial charge in [-0.3, -0.25) is 10.1 Å². The maximum Gasteiger partial charge on any atom is 0.410 e. The van der Waals surface area contributed by atoms with Gasteiger partial charge in [0.2, 0.25) is 0 Å². The monoisotopic (exact) mass is 534 g/mol. The molecule has 11 nitrogen and oxygen atoms in total. The summed E-state index contributed by atoms with van der Waals surface area (Å²) in [5.41, 5.74) is 1.42. The maximum absolute atomic E-state index is 12.9. The number of hydrogen-bond acceptors (Lipinski definition) is 8. The Bertz CT molecular complexity index is 1400. The fourth-order valence-electron chi connectivity index (χ4n) is 4.42. The Kier molecular flexibility index (Phi) is 8.19. The fourth-order valence-corrected chi connectivity index (χ4v) is 4.42. The molecule has 11 heteroatoms. The van der Waals surface area contributed by atoms with Crippen LogP contribution in [0.25, 0.3) is 28.0 Å². The van der Waals surface area contributed by atoms with Crippen LogP contribution in [0.4, 0.5) is 10.6 Å². The van der Waals surface area contributed by atoms with Crippen molar-refractivity contribution in [2.45, 2.75) is 52.7 Å². The Labute approximate surface area is 229 Å². The first kappa shape index (κ1) is 28.0. The number of aromatic amines is 1. The molecule has 1 atom stereocenters. The molecule has 0 radical (unpaired) electrons. The average Bonchev–Trinajstić information content (AvgIpc) is 3.57. The number of carbonyl (C=O) groups excluding carboxylic acids is 1. The molecule has 1 saturated heterocycles. The number of anilines is 1. The summed E-state index contributed by atoms with van der Waals surface area (Å²) < 4.78 is 13.3. The zero-order valence-corrected chi connectivity index (χ0v) is 23.8. The third-order valence-corrected chi connectivity index (χ3v) is 6.34. The van der Waals surface area contributed by atoms with E-state index in [1.165, 1.54) is 0 Å². The molecule has 4 aromatic heterocycles. The smallest absolute Gasteiger partial charge is 0.410 e. The van der Waals surface area contributed by atoms with Crippen molar-refractivity contribution in [3.05, 3.63) is 49.1 Å². The van der Waals surface area contributed by atoms with Crippen LogP contribution in [-0.2, 0) is 9.47 Å². The van der Waals surface area contributed by atoms with Gasteiger partial charge in [-0.05, 0) is 45.9 Å². The number of hydrogen-bond donors (Lipinski definition) is 1. The first-order valence-corrected chi connectivity index (χ1v) is 13.2. The molecule has 1 fully saturated rings. The summed E-state index contributed by atoms with van der Waals surface area (Å²) in [6.45, 7) is 13.7. The Morgan fingerprint density at radius 2 is 1.85 bits per heavy atom. The second kappa shape index (κ2) is 11.4. The topological polar surface area (TPSA) is 114 Å². The molecule has 0 saturated carbocycles. The van der Waals surface area contributed by atoms with Gasteiger partial charge in [-0.1, -0.05) is 19.9 Å². The van der Waals surface area contributed by atoms with Crippen LogP contribution in [-0.4, -0.2) is 85.4 Å². The van der Waals surface area contributed by atoms with E-state index < -0.39 is 11.2 Å². The lowest BCUT2D eigenvalue weighted by molar-refractivity contribution is -0.0218. The van der Waals surface area contributed by atoms with Crippen molar-refractivity contribution in [3.8, 4) is 17.1 Å². The summed E-state index contributed by atoms with van der Waals surface area (Å²) in [7, 11) is 1.67. The molecule has 1 N–H and O–H groups in total. The molecule has 1 aliphatic rings. The van der Waals surface area contributed by atoms with Gasteiger partial charge in [0.1, 0.15) is 17.0 Å². The Morgan fingerprint density at radius 3 is 2.54 bits per heavy atom. The number of fused-ring (bicyclic) bond motifs is 1. The zero-order valence-electron chi connectivity index (χ0n) is 23.8. The number of methoxy groups -OCH3 is 1. The highest BCUT2D eigenvalue weighted by Crippen LogP contribution is 2.26. The molecular formula is C28H38N8O3.